The fourth-order valence-corrected chi connectivity index (χ4v) is 3.64. The molecule has 3 N–H and O–H groups in total. The quantitative estimate of drug-likeness (QED) is 0.702. The maximum Gasteiger partial charge on any atom is 0.314 e. The molecule has 0 radical (unpaired) electrons. The van der Waals surface area contributed by atoms with E-state index in [9.17, 15) is 14.7 Å². The van der Waals surface area contributed by atoms with Gasteiger partial charge in [-0.25, -0.2) is 4.68 Å². The average molecular weight is 381 g/mol. The minimum Gasteiger partial charge on any atom is -0.392 e. The first-order chi connectivity index (χ1) is 12.0. The number of amides is 2. The van der Waals surface area contributed by atoms with E-state index in [0.29, 0.717) is 22.3 Å². The molecule has 25 heavy (non-hydrogen) atoms. The van der Waals surface area contributed by atoms with Gasteiger partial charge >= 0.3 is 11.8 Å². The number of hydrogen-bond donors (Lipinski definition) is 3. The van der Waals surface area contributed by atoms with Crippen LogP contribution in [0.25, 0.3) is 5.69 Å². The molecule has 132 valence electrons. The van der Waals surface area contributed by atoms with Crippen LogP contribution in [0.5, 0.6) is 0 Å². The molecular weight excluding hydrogens is 364 g/mol. The average Bonchev–Trinajstić information content (AvgIpc) is 3.15. The van der Waals surface area contributed by atoms with Gasteiger partial charge in [0.05, 0.1) is 17.5 Å². The summed E-state index contributed by atoms with van der Waals surface area (Å²) in [5.74, 6) is 0.322. The fourth-order valence-electron chi connectivity index (χ4n) is 2.42. The van der Waals surface area contributed by atoms with E-state index in [1.54, 1.807) is 34.6 Å². The SMILES string of the molecule is C[C@H](O)CNC(=O)C(=O)Nc1c2c(nn1-c1cccc(Cl)c1)CSC2. The second-order valence-corrected chi connectivity index (χ2v) is 7.09. The number of aromatic nitrogens is 2. The van der Waals surface area contributed by atoms with Crippen LogP contribution in [0.3, 0.4) is 0 Å². The molecule has 2 aromatic rings. The van der Waals surface area contributed by atoms with E-state index in [1.807, 2.05) is 6.07 Å². The molecular formula is C16H17ClN4O3S. The first-order valence-corrected chi connectivity index (χ1v) is 9.20. The van der Waals surface area contributed by atoms with Gasteiger partial charge in [0, 0.05) is 28.6 Å². The third-order valence-electron chi connectivity index (χ3n) is 3.60. The molecule has 1 aromatic carbocycles. The minimum absolute atomic E-state index is 0.00771. The van der Waals surface area contributed by atoms with E-state index in [-0.39, 0.29) is 6.54 Å². The molecule has 1 aromatic heterocycles. The molecule has 0 spiro atoms. The number of nitrogens with zero attached hydrogens (tertiary/aromatic N) is 2. The van der Waals surface area contributed by atoms with Gasteiger partial charge in [0.15, 0.2) is 0 Å². The highest BCUT2D eigenvalue weighted by molar-refractivity contribution is 7.98. The smallest absolute Gasteiger partial charge is 0.314 e. The number of fused-ring (bicyclic) bond motifs is 1. The van der Waals surface area contributed by atoms with E-state index in [2.05, 4.69) is 15.7 Å². The Kier molecular flexibility index (Phi) is 5.31. The van der Waals surface area contributed by atoms with Crippen molar-refractivity contribution in [2.45, 2.75) is 24.5 Å². The molecule has 7 nitrogen and oxygen atoms in total. The summed E-state index contributed by atoms with van der Waals surface area (Å²) in [5.41, 5.74) is 2.48. The Hall–Kier alpha value is -2.03. The Labute approximate surface area is 153 Å². The lowest BCUT2D eigenvalue weighted by Crippen LogP contribution is -2.39. The predicted octanol–water partition coefficient (Wildman–Crippen LogP) is 1.71. The van der Waals surface area contributed by atoms with Crippen LogP contribution in [0.2, 0.25) is 5.02 Å². The van der Waals surface area contributed by atoms with Gasteiger partial charge in [-0.05, 0) is 25.1 Å². The summed E-state index contributed by atoms with van der Waals surface area (Å²) in [5, 5.41) is 19.3. The van der Waals surface area contributed by atoms with Gasteiger partial charge in [-0.1, -0.05) is 17.7 Å². The Morgan fingerprint density at radius 1 is 1.40 bits per heavy atom. The maximum atomic E-state index is 12.2. The summed E-state index contributed by atoms with van der Waals surface area (Å²) >= 11 is 7.74. The summed E-state index contributed by atoms with van der Waals surface area (Å²) in [6.45, 7) is 1.53. The minimum atomic E-state index is -0.806. The van der Waals surface area contributed by atoms with E-state index < -0.39 is 17.9 Å². The number of halogens is 1. The monoisotopic (exact) mass is 380 g/mol. The van der Waals surface area contributed by atoms with Crippen molar-refractivity contribution in [3.63, 3.8) is 0 Å². The predicted molar refractivity (Wildman–Crippen MR) is 96.9 cm³/mol. The van der Waals surface area contributed by atoms with E-state index in [1.165, 1.54) is 6.92 Å². The molecule has 0 saturated carbocycles. The van der Waals surface area contributed by atoms with Crippen LogP contribution in [-0.4, -0.2) is 39.4 Å². The Bertz CT molecular complexity index is 822. The molecule has 9 heteroatoms. The molecule has 0 saturated heterocycles. The Balaban J connectivity index is 1.88. The summed E-state index contributed by atoms with van der Waals surface area (Å²) in [6.07, 6.45) is -0.727. The molecule has 0 bridgehead atoms. The second kappa shape index (κ2) is 7.47. The number of nitrogens with one attached hydrogen (secondary N) is 2. The van der Waals surface area contributed by atoms with E-state index in [4.69, 9.17) is 11.6 Å². The summed E-state index contributed by atoms with van der Waals surface area (Å²) < 4.78 is 1.59. The number of carbonyl (C=O) groups is 2. The van der Waals surface area contributed by atoms with Crippen LogP contribution in [-0.2, 0) is 21.1 Å². The number of carbonyl (C=O) groups excluding carboxylic acids is 2. The number of rotatable bonds is 4. The van der Waals surface area contributed by atoms with E-state index in [0.717, 1.165) is 17.0 Å². The summed E-state index contributed by atoms with van der Waals surface area (Å²) in [6, 6.07) is 7.10. The highest BCUT2D eigenvalue weighted by Crippen LogP contribution is 2.36. The molecule has 0 fully saturated rings. The zero-order valence-electron chi connectivity index (χ0n) is 13.5. The normalized spacial score (nSPS) is 14.0. The van der Waals surface area contributed by atoms with Crippen LogP contribution in [0, 0.1) is 0 Å². The zero-order chi connectivity index (χ0) is 18.0. The first-order valence-electron chi connectivity index (χ1n) is 7.67. The van der Waals surface area contributed by atoms with Crippen LogP contribution >= 0.6 is 23.4 Å². The van der Waals surface area contributed by atoms with Gasteiger partial charge in [0.1, 0.15) is 5.82 Å². The Morgan fingerprint density at radius 2 is 2.20 bits per heavy atom. The molecule has 0 unspecified atom stereocenters. The molecule has 0 aliphatic carbocycles. The number of thioether (sulfide) groups is 1. The van der Waals surface area contributed by atoms with Crippen molar-refractivity contribution in [3.05, 3.63) is 40.5 Å². The number of hydrogen-bond acceptors (Lipinski definition) is 5. The van der Waals surface area contributed by atoms with Gasteiger partial charge in [0.2, 0.25) is 0 Å². The largest absolute Gasteiger partial charge is 0.392 e. The van der Waals surface area contributed by atoms with Crippen LogP contribution in [0.15, 0.2) is 24.3 Å². The van der Waals surface area contributed by atoms with Gasteiger partial charge in [-0.3, -0.25) is 9.59 Å². The number of aliphatic hydroxyl groups excluding tert-OH is 1. The molecule has 2 heterocycles. The molecule has 1 aliphatic rings. The third kappa shape index (κ3) is 3.97. The lowest BCUT2D eigenvalue weighted by molar-refractivity contribution is -0.136. The van der Waals surface area contributed by atoms with Gasteiger partial charge in [-0.2, -0.15) is 16.9 Å². The van der Waals surface area contributed by atoms with Crippen molar-refractivity contribution in [2.75, 3.05) is 11.9 Å². The summed E-state index contributed by atoms with van der Waals surface area (Å²) in [4.78, 5) is 24.1. The van der Waals surface area contributed by atoms with Crippen LogP contribution < -0.4 is 10.6 Å². The van der Waals surface area contributed by atoms with Gasteiger partial charge in [0.25, 0.3) is 0 Å². The van der Waals surface area contributed by atoms with E-state index >= 15 is 0 Å². The number of benzene rings is 1. The molecule has 1 aliphatic heterocycles. The number of aliphatic hydroxyl groups is 1. The lowest BCUT2D eigenvalue weighted by Gasteiger charge is -2.12. The Morgan fingerprint density at radius 3 is 2.92 bits per heavy atom. The van der Waals surface area contributed by atoms with Crippen LogP contribution in [0.4, 0.5) is 5.82 Å². The molecule has 1 atom stereocenters. The molecule has 2 amide bonds. The fraction of sp³-hybridized carbons (Fsp3) is 0.312. The lowest BCUT2D eigenvalue weighted by atomic mass is 10.2. The van der Waals surface area contributed by atoms with Crippen LogP contribution in [0.1, 0.15) is 18.2 Å². The van der Waals surface area contributed by atoms with Crippen molar-refractivity contribution >= 4 is 41.0 Å². The number of anilines is 1. The first kappa shape index (κ1) is 17.8. The van der Waals surface area contributed by atoms with Crippen molar-refractivity contribution in [1.82, 2.24) is 15.1 Å². The standard InChI is InChI=1S/C16H17ClN4O3S/c1-9(22)6-18-15(23)16(24)19-14-12-7-25-8-13(12)20-21(14)11-4-2-3-10(17)5-11/h2-5,9,22H,6-8H2,1H3,(H,18,23)(H,19,24)/t9-/m0/s1. The zero-order valence-corrected chi connectivity index (χ0v) is 15.0. The molecule has 3 rings (SSSR count). The highest BCUT2D eigenvalue weighted by atomic mass is 35.5. The topological polar surface area (TPSA) is 96.2 Å². The maximum absolute atomic E-state index is 12.2. The van der Waals surface area contributed by atoms with Gasteiger partial charge in [-0.15, -0.1) is 0 Å². The van der Waals surface area contributed by atoms with Crippen molar-refractivity contribution in [1.29, 1.82) is 0 Å². The van der Waals surface area contributed by atoms with Crippen molar-refractivity contribution < 1.29 is 14.7 Å². The van der Waals surface area contributed by atoms with Crippen molar-refractivity contribution in [2.24, 2.45) is 0 Å². The van der Waals surface area contributed by atoms with Gasteiger partial charge < -0.3 is 15.7 Å². The third-order valence-corrected chi connectivity index (χ3v) is 4.81. The second-order valence-electron chi connectivity index (χ2n) is 5.67. The summed E-state index contributed by atoms with van der Waals surface area (Å²) in [7, 11) is 0. The highest BCUT2D eigenvalue weighted by Gasteiger charge is 2.26. The van der Waals surface area contributed by atoms with Crippen molar-refractivity contribution in [3.8, 4) is 5.69 Å².